The van der Waals surface area contributed by atoms with Crippen LogP contribution in [0.15, 0.2) is 0 Å². The van der Waals surface area contributed by atoms with Crippen LogP contribution in [-0.2, 0) is 9.53 Å². The molecular formula is C13H25NO2S. The Bertz CT molecular complexity index is 223. The van der Waals surface area contributed by atoms with E-state index in [4.69, 9.17) is 4.74 Å². The maximum Gasteiger partial charge on any atom is 0.319 e. The zero-order valence-electron chi connectivity index (χ0n) is 11.0. The molecule has 0 heterocycles. The summed E-state index contributed by atoms with van der Waals surface area (Å²) in [6, 6.07) is 0.512. The maximum absolute atomic E-state index is 11.4. The standard InChI is InChI=1S/C13H25NO2S/c1-3-5-8-16-13(15)10-14-11-6-7-12(9-11)17-4-2/h11-12,14H,3-10H2,1-2H3. The van der Waals surface area contributed by atoms with Crippen LogP contribution in [0.1, 0.15) is 46.0 Å². The fraction of sp³-hybridized carbons (Fsp3) is 0.923. The molecule has 1 aliphatic carbocycles. The van der Waals surface area contributed by atoms with Gasteiger partial charge in [0.25, 0.3) is 0 Å². The molecule has 1 N–H and O–H groups in total. The summed E-state index contributed by atoms with van der Waals surface area (Å²) in [5.74, 6) is 1.08. The molecule has 1 fully saturated rings. The highest BCUT2D eigenvalue weighted by atomic mass is 32.2. The summed E-state index contributed by atoms with van der Waals surface area (Å²) in [5, 5.41) is 4.09. The topological polar surface area (TPSA) is 38.3 Å². The first kappa shape index (κ1) is 14.8. The number of esters is 1. The lowest BCUT2D eigenvalue weighted by Gasteiger charge is -2.12. The average Bonchev–Trinajstić information content (AvgIpc) is 2.75. The highest BCUT2D eigenvalue weighted by molar-refractivity contribution is 7.99. The molecule has 4 heteroatoms. The normalized spacial score (nSPS) is 23.9. The minimum absolute atomic E-state index is 0.106. The monoisotopic (exact) mass is 259 g/mol. The van der Waals surface area contributed by atoms with Crippen molar-refractivity contribution in [1.82, 2.24) is 5.32 Å². The number of nitrogens with one attached hydrogen (secondary N) is 1. The second-order valence-electron chi connectivity index (χ2n) is 4.54. The lowest BCUT2D eigenvalue weighted by Crippen LogP contribution is -2.33. The van der Waals surface area contributed by atoms with Gasteiger partial charge in [-0.05, 0) is 31.4 Å². The van der Waals surface area contributed by atoms with Gasteiger partial charge < -0.3 is 10.1 Å². The van der Waals surface area contributed by atoms with E-state index < -0.39 is 0 Å². The lowest BCUT2D eigenvalue weighted by atomic mass is 10.2. The molecule has 2 unspecified atom stereocenters. The molecule has 17 heavy (non-hydrogen) atoms. The van der Waals surface area contributed by atoms with E-state index in [-0.39, 0.29) is 5.97 Å². The third kappa shape index (κ3) is 6.32. The summed E-state index contributed by atoms with van der Waals surface area (Å²) in [6.07, 6.45) is 5.70. The van der Waals surface area contributed by atoms with Crippen molar-refractivity contribution >= 4 is 17.7 Å². The lowest BCUT2D eigenvalue weighted by molar-refractivity contribution is -0.142. The Morgan fingerprint density at radius 1 is 1.41 bits per heavy atom. The highest BCUT2D eigenvalue weighted by Gasteiger charge is 2.24. The molecule has 0 amide bonds. The van der Waals surface area contributed by atoms with Crippen molar-refractivity contribution in [2.75, 3.05) is 18.9 Å². The number of hydrogen-bond donors (Lipinski definition) is 1. The Labute approximate surface area is 109 Å². The van der Waals surface area contributed by atoms with Gasteiger partial charge in [-0.1, -0.05) is 20.3 Å². The summed E-state index contributed by atoms with van der Waals surface area (Å²) in [5.41, 5.74) is 0. The second-order valence-corrected chi connectivity index (χ2v) is 6.12. The van der Waals surface area contributed by atoms with Gasteiger partial charge in [0.15, 0.2) is 0 Å². The van der Waals surface area contributed by atoms with Crippen LogP contribution in [0.2, 0.25) is 0 Å². The van der Waals surface area contributed by atoms with Crippen LogP contribution in [0, 0.1) is 0 Å². The molecule has 1 aliphatic rings. The molecular weight excluding hydrogens is 234 g/mol. The minimum atomic E-state index is -0.106. The van der Waals surface area contributed by atoms with Gasteiger partial charge in [0.2, 0.25) is 0 Å². The third-order valence-electron chi connectivity index (χ3n) is 3.08. The molecule has 0 aliphatic heterocycles. The van der Waals surface area contributed by atoms with Crippen molar-refractivity contribution in [3.05, 3.63) is 0 Å². The highest BCUT2D eigenvalue weighted by Crippen LogP contribution is 2.29. The van der Waals surface area contributed by atoms with E-state index in [0.717, 1.165) is 18.1 Å². The van der Waals surface area contributed by atoms with Gasteiger partial charge >= 0.3 is 5.97 Å². The number of hydrogen-bond acceptors (Lipinski definition) is 4. The Balaban J connectivity index is 2.04. The summed E-state index contributed by atoms with van der Waals surface area (Å²) in [6.45, 7) is 5.24. The quantitative estimate of drug-likeness (QED) is 0.537. The molecule has 0 aromatic heterocycles. The van der Waals surface area contributed by atoms with Crippen molar-refractivity contribution in [2.45, 2.75) is 57.2 Å². The third-order valence-corrected chi connectivity index (χ3v) is 4.32. The van der Waals surface area contributed by atoms with Crippen molar-refractivity contribution in [3.63, 3.8) is 0 Å². The van der Waals surface area contributed by atoms with E-state index in [0.29, 0.717) is 19.2 Å². The summed E-state index contributed by atoms with van der Waals surface area (Å²) < 4.78 is 5.11. The number of unbranched alkanes of at least 4 members (excludes halogenated alkanes) is 1. The summed E-state index contributed by atoms with van der Waals surface area (Å²) >= 11 is 2.04. The Hall–Kier alpha value is -0.220. The van der Waals surface area contributed by atoms with Crippen LogP contribution in [0.25, 0.3) is 0 Å². The molecule has 100 valence electrons. The number of thioether (sulfide) groups is 1. The first-order valence-corrected chi connectivity index (χ1v) is 7.81. The SMILES string of the molecule is CCCCOC(=O)CNC1CCC(SCC)C1. The Kier molecular flexibility index (Phi) is 7.69. The Morgan fingerprint density at radius 2 is 2.24 bits per heavy atom. The van der Waals surface area contributed by atoms with Gasteiger partial charge in [0, 0.05) is 11.3 Å². The van der Waals surface area contributed by atoms with Crippen LogP contribution in [0.3, 0.4) is 0 Å². The van der Waals surface area contributed by atoms with Gasteiger partial charge in [-0.25, -0.2) is 0 Å². The molecule has 0 saturated heterocycles. The zero-order valence-corrected chi connectivity index (χ0v) is 11.9. The van der Waals surface area contributed by atoms with E-state index in [2.05, 4.69) is 19.2 Å². The molecule has 0 spiro atoms. The van der Waals surface area contributed by atoms with E-state index in [1.54, 1.807) is 0 Å². The number of rotatable bonds is 8. The summed E-state index contributed by atoms with van der Waals surface area (Å²) in [7, 11) is 0. The average molecular weight is 259 g/mol. The van der Waals surface area contributed by atoms with Crippen molar-refractivity contribution in [1.29, 1.82) is 0 Å². The molecule has 1 saturated carbocycles. The Morgan fingerprint density at radius 3 is 2.94 bits per heavy atom. The fourth-order valence-electron chi connectivity index (χ4n) is 2.12. The molecule has 0 radical (unpaired) electrons. The van der Waals surface area contributed by atoms with Gasteiger partial charge in [-0.3, -0.25) is 4.79 Å². The van der Waals surface area contributed by atoms with E-state index in [1.165, 1.54) is 25.0 Å². The molecule has 1 rings (SSSR count). The van der Waals surface area contributed by atoms with Crippen molar-refractivity contribution in [2.24, 2.45) is 0 Å². The van der Waals surface area contributed by atoms with Crippen molar-refractivity contribution < 1.29 is 9.53 Å². The van der Waals surface area contributed by atoms with Crippen LogP contribution in [-0.4, -0.2) is 36.2 Å². The predicted octanol–water partition coefficient (Wildman–Crippen LogP) is 2.59. The van der Waals surface area contributed by atoms with Gasteiger partial charge in [0.05, 0.1) is 13.2 Å². The predicted molar refractivity (Wildman–Crippen MR) is 73.4 cm³/mol. The maximum atomic E-state index is 11.4. The largest absolute Gasteiger partial charge is 0.465 e. The first-order valence-electron chi connectivity index (χ1n) is 6.76. The molecule has 0 bridgehead atoms. The van der Waals surface area contributed by atoms with E-state index >= 15 is 0 Å². The summed E-state index contributed by atoms with van der Waals surface area (Å²) in [4.78, 5) is 11.4. The van der Waals surface area contributed by atoms with Gasteiger partial charge in [-0.2, -0.15) is 11.8 Å². The molecule has 0 aromatic rings. The molecule has 3 nitrogen and oxygen atoms in total. The van der Waals surface area contributed by atoms with Crippen LogP contribution in [0.4, 0.5) is 0 Å². The van der Waals surface area contributed by atoms with Crippen molar-refractivity contribution in [3.8, 4) is 0 Å². The second kappa shape index (κ2) is 8.81. The van der Waals surface area contributed by atoms with E-state index in [1.807, 2.05) is 11.8 Å². The van der Waals surface area contributed by atoms with E-state index in [9.17, 15) is 4.79 Å². The zero-order chi connectivity index (χ0) is 12.5. The molecule has 0 aromatic carbocycles. The van der Waals surface area contributed by atoms with Gasteiger partial charge in [0.1, 0.15) is 0 Å². The number of ether oxygens (including phenoxy) is 1. The van der Waals surface area contributed by atoms with Crippen LogP contribution in [0.5, 0.6) is 0 Å². The van der Waals surface area contributed by atoms with Gasteiger partial charge in [-0.15, -0.1) is 0 Å². The minimum Gasteiger partial charge on any atom is -0.465 e. The fourth-order valence-corrected chi connectivity index (χ4v) is 3.26. The first-order chi connectivity index (χ1) is 8.26. The van der Waals surface area contributed by atoms with Crippen LogP contribution >= 0.6 is 11.8 Å². The number of carbonyl (C=O) groups is 1. The number of carbonyl (C=O) groups excluding carboxylic acids is 1. The smallest absolute Gasteiger partial charge is 0.319 e. The van der Waals surface area contributed by atoms with Crippen LogP contribution < -0.4 is 5.32 Å². The molecule has 2 atom stereocenters.